The van der Waals surface area contributed by atoms with Crippen molar-refractivity contribution in [2.45, 2.75) is 13.0 Å². The molecule has 1 unspecified atom stereocenters. The van der Waals surface area contributed by atoms with Crippen molar-refractivity contribution in [2.24, 2.45) is 0 Å². The molecule has 112 valence electrons. The van der Waals surface area contributed by atoms with E-state index in [4.69, 9.17) is 15.0 Å². The summed E-state index contributed by atoms with van der Waals surface area (Å²) >= 11 is 3.40. The fraction of sp³-hybridized carbons (Fsp3) is 0.429. The second-order valence-corrected chi connectivity index (χ2v) is 5.77. The largest absolute Gasteiger partial charge is 0.397 e. The smallest absolute Gasteiger partial charge is 0.260 e. The van der Waals surface area contributed by atoms with Crippen LogP contribution in [-0.4, -0.2) is 41.3 Å². The van der Waals surface area contributed by atoms with E-state index in [1.807, 2.05) is 18.2 Å². The molecule has 1 atom stereocenters. The minimum absolute atomic E-state index is 0.149. The highest BCUT2D eigenvalue weighted by Crippen LogP contribution is 2.31. The van der Waals surface area contributed by atoms with Gasteiger partial charge in [-0.05, 0) is 34.6 Å². The summed E-state index contributed by atoms with van der Waals surface area (Å²) in [6.45, 7) is 5.52. The Labute approximate surface area is 131 Å². The average Bonchev–Trinajstić information content (AvgIpc) is 3.00. The van der Waals surface area contributed by atoms with E-state index in [9.17, 15) is 0 Å². The van der Waals surface area contributed by atoms with Gasteiger partial charge >= 0.3 is 0 Å². The maximum atomic E-state index is 6.03. The fourth-order valence-electron chi connectivity index (χ4n) is 2.34. The number of nitrogens with two attached hydrogens (primary N) is 1. The molecule has 1 saturated heterocycles. The standard InChI is InChI=1S/C14H17BrN4O2/c1-2-19-6-7-20-11(8-19)13-17-14(21-18-13)9-4-3-5-10(15)12(9)16/h3-5,11H,2,6-8,16H2,1H3. The van der Waals surface area contributed by atoms with Gasteiger partial charge in [-0.2, -0.15) is 4.98 Å². The quantitative estimate of drug-likeness (QED) is 0.855. The number of hydrogen-bond donors (Lipinski definition) is 1. The first-order valence-electron chi connectivity index (χ1n) is 6.91. The molecule has 1 aliphatic heterocycles. The Morgan fingerprint density at radius 2 is 2.33 bits per heavy atom. The zero-order chi connectivity index (χ0) is 14.8. The Morgan fingerprint density at radius 3 is 3.14 bits per heavy atom. The van der Waals surface area contributed by atoms with Gasteiger partial charge in [0.25, 0.3) is 5.89 Å². The molecule has 3 rings (SSSR count). The van der Waals surface area contributed by atoms with Gasteiger partial charge in [-0.3, -0.25) is 4.90 Å². The van der Waals surface area contributed by atoms with Crippen LogP contribution in [0.4, 0.5) is 5.69 Å². The number of morpholine rings is 1. The van der Waals surface area contributed by atoms with E-state index in [2.05, 4.69) is 37.9 Å². The molecular weight excluding hydrogens is 336 g/mol. The van der Waals surface area contributed by atoms with Crippen LogP contribution in [-0.2, 0) is 4.74 Å². The number of anilines is 1. The molecule has 0 bridgehead atoms. The highest BCUT2D eigenvalue weighted by atomic mass is 79.9. The van der Waals surface area contributed by atoms with Crippen molar-refractivity contribution in [2.75, 3.05) is 32.0 Å². The monoisotopic (exact) mass is 352 g/mol. The van der Waals surface area contributed by atoms with Crippen molar-refractivity contribution < 1.29 is 9.26 Å². The normalized spacial score (nSPS) is 19.8. The summed E-state index contributed by atoms with van der Waals surface area (Å²) in [4.78, 5) is 6.75. The van der Waals surface area contributed by atoms with Crippen LogP contribution >= 0.6 is 15.9 Å². The van der Waals surface area contributed by atoms with Crippen molar-refractivity contribution in [1.29, 1.82) is 0 Å². The molecule has 0 spiro atoms. The number of ether oxygens (including phenoxy) is 1. The lowest BCUT2D eigenvalue weighted by Gasteiger charge is -2.30. The van der Waals surface area contributed by atoms with Crippen molar-refractivity contribution in [1.82, 2.24) is 15.0 Å². The topological polar surface area (TPSA) is 77.4 Å². The number of likely N-dealkylation sites (N-methyl/N-ethyl adjacent to an activating group) is 1. The van der Waals surface area contributed by atoms with E-state index in [0.29, 0.717) is 24.0 Å². The van der Waals surface area contributed by atoms with Gasteiger partial charge in [0.05, 0.1) is 17.9 Å². The summed E-state index contributed by atoms with van der Waals surface area (Å²) in [5, 5.41) is 4.05. The maximum absolute atomic E-state index is 6.03. The first-order valence-corrected chi connectivity index (χ1v) is 7.70. The van der Waals surface area contributed by atoms with E-state index in [1.165, 1.54) is 0 Å². The number of aromatic nitrogens is 2. The Balaban J connectivity index is 1.85. The highest BCUT2D eigenvalue weighted by molar-refractivity contribution is 9.10. The van der Waals surface area contributed by atoms with Crippen LogP contribution in [0.15, 0.2) is 27.2 Å². The lowest BCUT2D eigenvalue weighted by atomic mass is 10.2. The summed E-state index contributed by atoms with van der Waals surface area (Å²) in [6, 6.07) is 5.62. The molecule has 1 aromatic heterocycles. The predicted molar refractivity (Wildman–Crippen MR) is 82.7 cm³/mol. The van der Waals surface area contributed by atoms with Gasteiger partial charge in [0.15, 0.2) is 0 Å². The molecule has 2 aromatic rings. The second kappa shape index (κ2) is 6.13. The molecule has 0 aliphatic carbocycles. The third-order valence-corrected chi connectivity index (χ3v) is 4.30. The molecule has 1 aliphatic rings. The lowest BCUT2D eigenvalue weighted by Crippen LogP contribution is -2.38. The molecular formula is C14H17BrN4O2. The van der Waals surface area contributed by atoms with Crippen molar-refractivity contribution in [3.8, 4) is 11.5 Å². The molecule has 2 N–H and O–H groups in total. The minimum atomic E-state index is -0.149. The van der Waals surface area contributed by atoms with Gasteiger partial charge in [-0.25, -0.2) is 0 Å². The van der Waals surface area contributed by atoms with Crippen LogP contribution in [0.5, 0.6) is 0 Å². The zero-order valence-electron chi connectivity index (χ0n) is 11.8. The second-order valence-electron chi connectivity index (χ2n) is 4.91. The molecule has 0 saturated carbocycles. The van der Waals surface area contributed by atoms with Crippen LogP contribution in [0, 0.1) is 0 Å². The van der Waals surface area contributed by atoms with Gasteiger partial charge in [-0.15, -0.1) is 0 Å². The van der Waals surface area contributed by atoms with E-state index < -0.39 is 0 Å². The number of rotatable bonds is 3. The molecule has 1 fully saturated rings. The first-order chi connectivity index (χ1) is 10.2. The molecule has 1 aromatic carbocycles. The molecule has 7 heteroatoms. The first kappa shape index (κ1) is 14.5. The summed E-state index contributed by atoms with van der Waals surface area (Å²) in [6.07, 6.45) is -0.149. The van der Waals surface area contributed by atoms with Crippen molar-refractivity contribution in [3.05, 3.63) is 28.5 Å². The van der Waals surface area contributed by atoms with Gasteiger partial charge in [0.1, 0.15) is 6.10 Å². The van der Waals surface area contributed by atoms with Crippen LogP contribution < -0.4 is 5.73 Å². The fourth-order valence-corrected chi connectivity index (χ4v) is 2.71. The Morgan fingerprint density at radius 1 is 1.48 bits per heavy atom. The minimum Gasteiger partial charge on any atom is -0.397 e. The average molecular weight is 353 g/mol. The van der Waals surface area contributed by atoms with Crippen molar-refractivity contribution in [3.63, 3.8) is 0 Å². The predicted octanol–water partition coefficient (Wildman–Crippen LogP) is 2.47. The number of hydrogen-bond acceptors (Lipinski definition) is 6. The number of benzene rings is 1. The number of nitrogens with zero attached hydrogens (tertiary/aromatic N) is 3. The summed E-state index contributed by atoms with van der Waals surface area (Å²) in [5.74, 6) is 0.989. The van der Waals surface area contributed by atoms with E-state index >= 15 is 0 Å². The summed E-state index contributed by atoms with van der Waals surface area (Å²) in [5.41, 5.74) is 7.35. The molecule has 2 heterocycles. The van der Waals surface area contributed by atoms with Gasteiger partial charge in [0.2, 0.25) is 5.82 Å². The Hall–Kier alpha value is -1.44. The van der Waals surface area contributed by atoms with Crippen LogP contribution in [0.2, 0.25) is 0 Å². The number of nitrogen functional groups attached to an aromatic ring is 1. The van der Waals surface area contributed by atoms with Gasteiger partial charge in [0, 0.05) is 17.6 Å². The van der Waals surface area contributed by atoms with Crippen LogP contribution in [0.25, 0.3) is 11.5 Å². The summed E-state index contributed by atoms with van der Waals surface area (Å²) < 4.78 is 11.9. The Kier molecular flexibility index (Phi) is 4.23. The Bertz CT molecular complexity index is 631. The lowest BCUT2D eigenvalue weighted by molar-refractivity contribution is -0.0334. The van der Waals surface area contributed by atoms with Gasteiger partial charge in [-0.1, -0.05) is 18.1 Å². The zero-order valence-corrected chi connectivity index (χ0v) is 13.3. The molecule has 21 heavy (non-hydrogen) atoms. The number of para-hydroxylation sites is 1. The molecule has 0 radical (unpaired) electrons. The number of halogens is 1. The molecule has 0 amide bonds. The third-order valence-electron chi connectivity index (χ3n) is 3.61. The van der Waals surface area contributed by atoms with Crippen molar-refractivity contribution >= 4 is 21.6 Å². The van der Waals surface area contributed by atoms with Crippen LogP contribution in [0.1, 0.15) is 18.9 Å². The SMILES string of the molecule is CCN1CCOC(c2noc(-c3cccc(Br)c3N)n2)C1. The third kappa shape index (κ3) is 2.95. The van der Waals surface area contributed by atoms with E-state index in [0.717, 1.165) is 29.7 Å². The molecule has 6 nitrogen and oxygen atoms in total. The van der Waals surface area contributed by atoms with Crippen LogP contribution in [0.3, 0.4) is 0 Å². The highest BCUT2D eigenvalue weighted by Gasteiger charge is 2.26. The van der Waals surface area contributed by atoms with E-state index in [-0.39, 0.29) is 6.10 Å². The van der Waals surface area contributed by atoms with Gasteiger partial charge < -0.3 is 15.0 Å². The summed E-state index contributed by atoms with van der Waals surface area (Å²) in [7, 11) is 0. The maximum Gasteiger partial charge on any atom is 0.260 e. The van der Waals surface area contributed by atoms with E-state index in [1.54, 1.807) is 0 Å².